The number of alkyl halides is 1. The molecule has 1 fully saturated rings. The molecule has 0 saturated carbocycles. The number of anilines is 1. The minimum absolute atomic E-state index is 0.642. The molecule has 1 saturated heterocycles. The first-order chi connectivity index (χ1) is 6.92. The lowest BCUT2D eigenvalue weighted by Crippen LogP contribution is -2.35. The molecule has 14 heavy (non-hydrogen) atoms. The Labute approximate surface area is 97.5 Å². The highest BCUT2D eigenvalue weighted by Gasteiger charge is 2.21. The van der Waals surface area contributed by atoms with Gasteiger partial charge in [-0.25, -0.2) is 4.98 Å². The number of nitrogens with zero attached hydrogens (tertiary/aromatic N) is 2. The van der Waals surface area contributed by atoms with Crippen LogP contribution in [0.4, 0.5) is 5.13 Å². The first-order valence-corrected chi connectivity index (χ1v) is 7.14. The Kier molecular flexibility index (Phi) is 3.81. The Morgan fingerprint density at radius 1 is 1.50 bits per heavy atom. The third-order valence-electron chi connectivity index (χ3n) is 2.72. The van der Waals surface area contributed by atoms with Crippen molar-refractivity contribution in [2.45, 2.75) is 31.7 Å². The summed E-state index contributed by atoms with van der Waals surface area (Å²) in [5.74, 6) is 0. The second-order valence-corrected chi connectivity index (χ2v) is 5.19. The molecule has 0 aromatic carbocycles. The number of thiazole rings is 1. The molecular weight excluding hydrogens is 260 g/mol. The molecule has 0 N–H and O–H groups in total. The summed E-state index contributed by atoms with van der Waals surface area (Å²) in [6, 6.07) is 0.642. The van der Waals surface area contributed by atoms with Crippen molar-refractivity contribution in [3.63, 3.8) is 0 Å². The van der Waals surface area contributed by atoms with E-state index in [4.69, 9.17) is 0 Å². The van der Waals surface area contributed by atoms with E-state index < -0.39 is 0 Å². The molecule has 2 nitrogen and oxygen atoms in total. The average Bonchev–Trinajstić information content (AvgIpc) is 2.63. The third kappa shape index (κ3) is 2.28. The fourth-order valence-corrected chi connectivity index (χ4v) is 3.36. The maximum absolute atomic E-state index is 4.40. The van der Waals surface area contributed by atoms with Crippen LogP contribution in [0.3, 0.4) is 0 Å². The first kappa shape index (κ1) is 10.4. The normalized spacial score (nSPS) is 23.5. The first-order valence-electron chi connectivity index (χ1n) is 5.14. The monoisotopic (exact) mass is 274 g/mol. The molecule has 78 valence electrons. The van der Waals surface area contributed by atoms with Crippen LogP contribution in [0.2, 0.25) is 0 Å². The lowest BCUT2D eigenvalue weighted by Gasteiger charge is -2.28. The van der Waals surface area contributed by atoms with Crippen molar-refractivity contribution in [2.75, 3.05) is 16.8 Å². The summed E-state index contributed by atoms with van der Waals surface area (Å²) in [4.78, 5) is 6.87. The van der Waals surface area contributed by atoms with Gasteiger partial charge in [0.05, 0.1) is 0 Å². The van der Waals surface area contributed by atoms with E-state index in [9.17, 15) is 0 Å². The number of hydrogen-bond donors (Lipinski definition) is 0. The topological polar surface area (TPSA) is 16.1 Å². The van der Waals surface area contributed by atoms with Crippen LogP contribution >= 0.6 is 27.3 Å². The van der Waals surface area contributed by atoms with Gasteiger partial charge < -0.3 is 4.90 Å². The number of hydrogen-bond acceptors (Lipinski definition) is 3. The zero-order chi connectivity index (χ0) is 9.80. The van der Waals surface area contributed by atoms with E-state index >= 15 is 0 Å². The zero-order valence-electron chi connectivity index (χ0n) is 8.16. The van der Waals surface area contributed by atoms with Crippen LogP contribution in [0.5, 0.6) is 0 Å². The summed E-state index contributed by atoms with van der Waals surface area (Å²) in [5.41, 5.74) is 0. The van der Waals surface area contributed by atoms with Crippen LogP contribution in [0, 0.1) is 0 Å². The molecule has 4 heteroatoms. The van der Waals surface area contributed by atoms with Crippen molar-refractivity contribution in [3.8, 4) is 0 Å². The molecule has 0 spiro atoms. The molecule has 1 aromatic rings. The maximum Gasteiger partial charge on any atom is 0.185 e. The molecule has 0 bridgehead atoms. The van der Waals surface area contributed by atoms with Gasteiger partial charge >= 0.3 is 0 Å². The van der Waals surface area contributed by atoms with Crippen LogP contribution < -0.4 is 4.90 Å². The van der Waals surface area contributed by atoms with Crippen LogP contribution in [-0.4, -0.2) is 22.9 Å². The van der Waals surface area contributed by atoms with Crippen molar-refractivity contribution in [1.82, 2.24) is 4.98 Å². The Balaban J connectivity index is 2.12. The van der Waals surface area contributed by atoms with Crippen molar-refractivity contribution in [2.24, 2.45) is 0 Å². The van der Waals surface area contributed by atoms with E-state index in [1.807, 2.05) is 6.20 Å². The van der Waals surface area contributed by atoms with E-state index in [1.54, 1.807) is 11.3 Å². The summed E-state index contributed by atoms with van der Waals surface area (Å²) in [5, 5.41) is 4.31. The highest BCUT2D eigenvalue weighted by Crippen LogP contribution is 2.26. The zero-order valence-corrected chi connectivity index (χ0v) is 10.6. The average molecular weight is 275 g/mol. The lowest BCUT2D eigenvalue weighted by atomic mass is 10.1. The Bertz CT molecular complexity index is 263. The number of aromatic nitrogens is 1. The number of halogens is 1. The van der Waals surface area contributed by atoms with E-state index in [0.717, 1.165) is 5.33 Å². The Morgan fingerprint density at radius 3 is 3.14 bits per heavy atom. The molecule has 1 aromatic heterocycles. The van der Waals surface area contributed by atoms with Gasteiger partial charge in [-0.3, -0.25) is 0 Å². The summed E-state index contributed by atoms with van der Waals surface area (Å²) < 4.78 is 0. The smallest absolute Gasteiger partial charge is 0.185 e. The van der Waals surface area contributed by atoms with Gasteiger partial charge in [0.1, 0.15) is 0 Å². The summed E-state index contributed by atoms with van der Waals surface area (Å²) in [6.45, 7) is 1.17. The maximum atomic E-state index is 4.40. The van der Waals surface area contributed by atoms with Gasteiger partial charge in [0, 0.05) is 29.5 Å². The molecule has 0 radical (unpaired) electrons. The summed E-state index contributed by atoms with van der Waals surface area (Å²) in [7, 11) is 0. The van der Waals surface area contributed by atoms with E-state index in [0.29, 0.717) is 6.04 Å². The van der Waals surface area contributed by atoms with Crippen LogP contribution in [0.1, 0.15) is 25.7 Å². The molecule has 1 aliphatic rings. The predicted molar refractivity (Wildman–Crippen MR) is 65.5 cm³/mol. The van der Waals surface area contributed by atoms with Gasteiger partial charge in [0.25, 0.3) is 0 Å². The van der Waals surface area contributed by atoms with Crippen LogP contribution in [0.25, 0.3) is 0 Å². The van der Waals surface area contributed by atoms with Gasteiger partial charge in [-0.1, -0.05) is 28.8 Å². The highest BCUT2D eigenvalue weighted by molar-refractivity contribution is 9.09. The van der Waals surface area contributed by atoms with E-state index in [1.165, 1.54) is 37.4 Å². The Morgan fingerprint density at radius 2 is 2.43 bits per heavy atom. The molecule has 2 heterocycles. The fourth-order valence-electron chi connectivity index (χ4n) is 1.95. The molecule has 0 amide bonds. The SMILES string of the molecule is BrCC1CCCCCN1c1nccs1. The molecule has 1 unspecified atom stereocenters. The van der Waals surface area contributed by atoms with Crippen molar-refractivity contribution in [3.05, 3.63) is 11.6 Å². The quantitative estimate of drug-likeness (QED) is 0.770. The molecule has 0 aliphatic carbocycles. The Hall–Kier alpha value is -0.0900. The van der Waals surface area contributed by atoms with Gasteiger partial charge in [-0.15, -0.1) is 11.3 Å². The predicted octanol–water partition coefficient (Wildman–Crippen LogP) is 3.29. The standard InChI is InChI=1S/C10H15BrN2S/c11-8-9-4-2-1-3-6-13(9)10-12-5-7-14-10/h5,7,9H,1-4,6,8H2. The number of rotatable bonds is 2. The molecule has 1 aliphatic heterocycles. The molecule has 2 rings (SSSR count). The van der Waals surface area contributed by atoms with Gasteiger partial charge in [-0.05, 0) is 12.8 Å². The minimum atomic E-state index is 0.642. The van der Waals surface area contributed by atoms with Crippen LogP contribution in [0.15, 0.2) is 11.6 Å². The lowest BCUT2D eigenvalue weighted by molar-refractivity contribution is 0.625. The fraction of sp³-hybridized carbons (Fsp3) is 0.700. The van der Waals surface area contributed by atoms with Gasteiger partial charge in [0.15, 0.2) is 5.13 Å². The van der Waals surface area contributed by atoms with Crippen molar-refractivity contribution in [1.29, 1.82) is 0 Å². The molecule has 1 atom stereocenters. The van der Waals surface area contributed by atoms with Crippen molar-refractivity contribution >= 4 is 32.4 Å². The van der Waals surface area contributed by atoms with Gasteiger partial charge in [-0.2, -0.15) is 0 Å². The second-order valence-electron chi connectivity index (χ2n) is 3.67. The van der Waals surface area contributed by atoms with Crippen molar-refractivity contribution < 1.29 is 0 Å². The minimum Gasteiger partial charge on any atom is -0.344 e. The van der Waals surface area contributed by atoms with E-state index in [-0.39, 0.29) is 0 Å². The van der Waals surface area contributed by atoms with Gasteiger partial charge in [0.2, 0.25) is 0 Å². The summed E-state index contributed by atoms with van der Waals surface area (Å²) in [6.07, 6.45) is 7.23. The second kappa shape index (κ2) is 5.12. The summed E-state index contributed by atoms with van der Waals surface area (Å²) >= 11 is 5.36. The van der Waals surface area contributed by atoms with Crippen LogP contribution in [-0.2, 0) is 0 Å². The third-order valence-corrected chi connectivity index (χ3v) is 4.28. The van der Waals surface area contributed by atoms with E-state index in [2.05, 4.69) is 31.2 Å². The largest absolute Gasteiger partial charge is 0.344 e. The molecular formula is C10H15BrN2S. The highest BCUT2D eigenvalue weighted by atomic mass is 79.9.